The molecule has 1 saturated carbocycles. The molecule has 1 aliphatic heterocycles. The molecular weight excluding hydrogens is 466 g/mol. The van der Waals surface area contributed by atoms with Crippen LogP contribution in [0.3, 0.4) is 0 Å². The van der Waals surface area contributed by atoms with Crippen LogP contribution in [0.2, 0.25) is 5.02 Å². The molecule has 0 radical (unpaired) electrons. The number of hydrogen-bond acceptors (Lipinski definition) is 4. The summed E-state index contributed by atoms with van der Waals surface area (Å²) in [4.78, 5) is 18.1. The third-order valence-corrected chi connectivity index (χ3v) is 8.37. The molecule has 34 heavy (non-hydrogen) atoms. The van der Waals surface area contributed by atoms with Crippen molar-refractivity contribution in [2.24, 2.45) is 5.92 Å². The lowest BCUT2D eigenvalue weighted by Crippen LogP contribution is -2.30. The molecule has 2 aromatic heterocycles. The first-order valence-electron chi connectivity index (χ1n) is 12.4. The fraction of sp³-hybridized carbons (Fsp3) is 0.481. The molecule has 7 heteroatoms. The van der Waals surface area contributed by atoms with Crippen LogP contribution in [0, 0.1) is 12.8 Å². The molecule has 1 amide bonds. The Bertz CT molecular complexity index is 1140. The van der Waals surface area contributed by atoms with Crippen LogP contribution in [0.4, 0.5) is 0 Å². The highest BCUT2D eigenvalue weighted by molar-refractivity contribution is 7.13. The van der Waals surface area contributed by atoms with Crippen molar-refractivity contribution < 1.29 is 9.53 Å². The molecule has 1 aromatic carbocycles. The molecule has 1 aliphatic carbocycles. The number of hydrogen-bond donors (Lipinski definition) is 1. The summed E-state index contributed by atoms with van der Waals surface area (Å²) in [5.74, 6) is 0.611. The van der Waals surface area contributed by atoms with Gasteiger partial charge in [0.25, 0.3) is 5.91 Å². The number of nitrogens with one attached hydrogen (secondary N) is 1. The van der Waals surface area contributed by atoms with Crippen LogP contribution in [-0.4, -0.2) is 34.7 Å². The number of carbonyl (C=O) groups excluding carboxylic acids is 1. The van der Waals surface area contributed by atoms with E-state index in [0.717, 1.165) is 65.8 Å². The average molecular weight is 498 g/mol. The molecule has 5 nitrogen and oxygen atoms in total. The number of halogens is 1. The largest absolute Gasteiger partial charge is 0.376 e. The molecule has 1 atom stereocenters. The van der Waals surface area contributed by atoms with Crippen LogP contribution in [0.25, 0.3) is 22.0 Å². The first kappa shape index (κ1) is 23.6. The Morgan fingerprint density at radius 2 is 2.03 bits per heavy atom. The summed E-state index contributed by atoms with van der Waals surface area (Å²) in [7, 11) is 0. The van der Waals surface area contributed by atoms with Crippen molar-refractivity contribution in [2.45, 2.75) is 64.5 Å². The summed E-state index contributed by atoms with van der Waals surface area (Å²) < 4.78 is 8.15. The van der Waals surface area contributed by atoms with Gasteiger partial charge in [0.1, 0.15) is 5.01 Å². The van der Waals surface area contributed by atoms with Crippen LogP contribution in [0.5, 0.6) is 0 Å². The number of aromatic nitrogens is 2. The van der Waals surface area contributed by atoms with Gasteiger partial charge in [-0.3, -0.25) is 4.79 Å². The van der Waals surface area contributed by atoms with Crippen LogP contribution >= 0.6 is 22.9 Å². The molecule has 5 rings (SSSR count). The van der Waals surface area contributed by atoms with E-state index in [9.17, 15) is 4.79 Å². The molecule has 0 spiro atoms. The number of ether oxygens (including phenoxy) is 1. The quantitative estimate of drug-likeness (QED) is 0.393. The SMILES string of the molecule is Cc1c(C(=O)NCC2CCCCC2)cc(-c2csc(-c3ccccc3Cl)n2)n1CC1CCCO1. The van der Waals surface area contributed by atoms with Gasteiger partial charge in [0.2, 0.25) is 0 Å². The zero-order valence-electron chi connectivity index (χ0n) is 19.7. The Kier molecular flexibility index (Phi) is 7.37. The van der Waals surface area contributed by atoms with Crippen LogP contribution in [0.15, 0.2) is 35.7 Å². The Morgan fingerprint density at radius 1 is 1.21 bits per heavy atom. The Hall–Kier alpha value is -2.15. The van der Waals surface area contributed by atoms with Crippen LogP contribution in [0.1, 0.15) is 61.0 Å². The second-order valence-electron chi connectivity index (χ2n) is 9.51. The Labute approximate surface area is 210 Å². The van der Waals surface area contributed by atoms with Gasteiger partial charge in [-0.05, 0) is 50.7 Å². The summed E-state index contributed by atoms with van der Waals surface area (Å²) >= 11 is 8.00. The fourth-order valence-corrected chi connectivity index (χ4v) is 6.32. The predicted molar refractivity (Wildman–Crippen MR) is 139 cm³/mol. The van der Waals surface area contributed by atoms with E-state index >= 15 is 0 Å². The fourth-order valence-electron chi connectivity index (χ4n) is 5.19. The minimum atomic E-state index is 0.0111. The lowest BCUT2D eigenvalue weighted by Gasteiger charge is -2.21. The van der Waals surface area contributed by atoms with E-state index in [1.165, 1.54) is 32.1 Å². The first-order valence-corrected chi connectivity index (χ1v) is 13.7. The highest BCUT2D eigenvalue weighted by Crippen LogP contribution is 2.35. The van der Waals surface area contributed by atoms with Gasteiger partial charge in [0, 0.05) is 36.3 Å². The van der Waals surface area contributed by atoms with Crippen molar-refractivity contribution in [3.63, 3.8) is 0 Å². The van der Waals surface area contributed by atoms with E-state index in [1.807, 2.05) is 37.3 Å². The molecule has 2 aliphatic rings. The van der Waals surface area contributed by atoms with Crippen molar-refractivity contribution in [1.29, 1.82) is 0 Å². The summed E-state index contributed by atoms with van der Waals surface area (Å²) in [6.45, 7) is 4.34. The van der Waals surface area contributed by atoms with Crippen LogP contribution in [-0.2, 0) is 11.3 Å². The van der Waals surface area contributed by atoms with E-state index in [1.54, 1.807) is 11.3 Å². The van der Waals surface area contributed by atoms with Crippen molar-refractivity contribution in [3.8, 4) is 22.0 Å². The van der Waals surface area contributed by atoms with Gasteiger partial charge in [-0.1, -0.05) is 49.1 Å². The smallest absolute Gasteiger partial charge is 0.253 e. The Morgan fingerprint density at radius 3 is 2.79 bits per heavy atom. The third-order valence-electron chi connectivity index (χ3n) is 7.17. The zero-order chi connectivity index (χ0) is 23.5. The molecular formula is C27H32ClN3O2S. The number of amides is 1. The Balaban J connectivity index is 1.43. The summed E-state index contributed by atoms with van der Waals surface area (Å²) in [6.07, 6.45) is 8.61. The van der Waals surface area contributed by atoms with Gasteiger partial charge in [-0.25, -0.2) is 4.98 Å². The number of nitrogens with zero attached hydrogens (tertiary/aromatic N) is 2. The van der Waals surface area contributed by atoms with Gasteiger partial charge in [-0.2, -0.15) is 0 Å². The maximum atomic E-state index is 13.2. The van der Waals surface area contributed by atoms with Crippen molar-refractivity contribution in [3.05, 3.63) is 52.0 Å². The number of thiazole rings is 1. The van der Waals surface area contributed by atoms with E-state index in [0.29, 0.717) is 10.9 Å². The number of rotatable bonds is 7. The minimum absolute atomic E-state index is 0.0111. The minimum Gasteiger partial charge on any atom is -0.376 e. The maximum Gasteiger partial charge on any atom is 0.253 e. The zero-order valence-corrected chi connectivity index (χ0v) is 21.3. The molecule has 3 heterocycles. The number of benzene rings is 1. The molecule has 2 fully saturated rings. The molecule has 1 unspecified atom stereocenters. The van der Waals surface area contributed by atoms with E-state index in [-0.39, 0.29) is 12.0 Å². The van der Waals surface area contributed by atoms with E-state index < -0.39 is 0 Å². The standard InChI is InChI=1S/C27H32ClN3O2S/c1-18-22(26(32)29-15-19-8-3-2-4-9-19)14-25(31(18)16-20-10-7-13-33-20)24-17-34-27(30-24)21-11-5-6-12-23(21)28/h5-6,11-12,14,17,19-20H,2-4,7-10,13,15-16H2,1H3,(H,29,32). The van der Waals surface area contributed by atoms with Crippen molar-refractivity contribution in [1.82, 2.24) is 14.9 Å². The topological polar surface area (TPSA) is 56.2 Å². The van der Waals surface area contributed by atoms with Gasteiger partial charge in [0.15, 0.2) is 0 Å². The highest BCUT2D eigenvalue weighted by atomic mass is 35.5. The van der Waals surface area contributed by atoms with Gasteiger partial charge < -0.3 is 14.6 Å². The second kappa shape index (κ2) is 10.6. The summed E-state index contributed by atoms with van der Waals surface area (Å²) in [6, 6.07) is 9.78. The monoisotopic (exact) mass is 497 g/mol. The van der Waals surface area contributed by atoms with E-state index in [2.05, 4.69) is 15.3 Å². The summed E-state index contributed by atoms with van der Waals surface area (Å²) in [5, 5.41) is 6.85. The average Bonchev–Trinajstić information content (AvgIpc) is 3.61. The van der Waals surface area contributed by atoms with Gasteiger partial charge >= 0.3 is 0 Å². The van der Waals surface area contributed by atoms with Crippen molar-refractivity contribution in [2.75, 3.05) is 13.2 Å². The summed E-state index contributed by atoms with van der Waals surface area (Å²) in [5.41, 5.74) is 4.47. The van der Waals surface area contributed by atoms with Gasteiger partial charge in [-0.15, -0.1) is 11.3 Å². The third kappa shape index (κ3) is 5.09. The second-order valence-corrected chi connectivity index (χ2v) is 10.8. The first-order chi connectivity index (χ1) is 16.6. The maximum absolute atomic E-state index is 13.2. The normalized spacial score (nSPS) is 18.9. The van der Waals surface area contributed by atoms with Crippen LogP contribution < -0.4 is 5.32 Å². The molecule has 1 saturated heterocycles. The molecule has 180 valence electrons. The van der Waals surface area contributed by atoms with Gasteiger partial charge in [0.05, 0.1) is 28.1 Å². The molecule has 1 N–H and O–H groups in total. The lowest BCUT2D eigenvalue weighted by atomic mass is 9.89. The number of carbonyl (C=O) groups is 1. The lowest BCUT2D eigenvalue weighted by molar-refractivity contribution is 0.0933. The molecule has 0 bridgehead atoms. The van der Waals surface area contributed by atoms with Crippen molar-refractivity contribution >= 4 is 28.8 Å². The predicted octanol–water partition coefficient (Wildman–Crippen LogP) is 6.73. The molecule has 3 aromatic rings. The highest BCUT2D eigenvalue weighted by Gasteiger charge is 2.25. The van der Waals surface area contributed by atoms with E-state index in [4.69, 9.17) is 21.3 Å².